The van der Waals surface area contributed by atoms with Gasteiger partial charge in [0.05, 0.1) is 6.61 Å². The summed E-state index contributed by atoms with van der Waals surface area (Å²) in [6, 6.07) is 0. The van der Waals surface area contributed by atoms with Crippen LogP contribution in [0.4, 0.5) is 0 Å². The Kier molecular flexibility index (Phi) is 5.97. The highest BCUT2D eigenvalue weighted by Gasteiger charge is 2.47. The van der Waals surface area contributed by atoms with E-state index < -0.39 is 43.3 Å². The molecule has 0 aliphatic carbocycles. The van der Waals surface area contributed by atoms with Crippen molar-refractivity contribution in [1.82, 2.24) is 0 Å². The third-order valence-electron chi connectivity index (χ3n) is 2.80. The molecule has 0 aromatic heterocycles. The monoisotopic (exact) mass is 264 g/mol. The summed E-state index contributed by atoms with van der Waals surface area (Å²) in [6.07, 6.45) is -4.96. The average molecular weight is 264 g/mol. The second-order valence-electron chi connectivity index (χ2n) is 4.29. The number of rotatable bonds is 6. The minimum absolute atomic E-state index is 0.201. The van der Waals surface area contributed by atoms with Gasteiger partial charge in [-0.1, -0.05) is 13.3 Å². The highest BCUT2D eigenvalue weighted by Crippen LogP contribution is 2.25. The third-order valence-corrected chi connectivity index (χ3v) is 2.80. The summed E-state index contributed by atoms with van der Waals surface area (Å²) in [5.74, 6) is -0.535. The van der Waals surface area contributed by atoms with Crippen molar-refractivity contribution in [3.8, 4) is 0 Å². The first-order valence-electron chi connectivity index (χ1n) is 6.01. The number of ether oxygens (including phenoxy) is 2. The van der Waals surface area contributed by atoms with Crippen molar-refractivity contribution in [2.45, 2.75) is 56.9 Å². The maximum atomic E-state index is 11.3. The van der Waals surface area contributed by atoms with E-state index in [0.717, 1.165) is 6.42 Å². The fourth-order valence-electron chi connectivity index (χ4n) is 1.70. The van der Waals surface area contributed by atoms with Crippen LogP contribution in [-0.2, 0) is 14.3 Å². The molecule has 7 nitrogen and oxygen atoms in total. The molecule has 5 atom stereocenters. The molecule has 0 amide bonds. The van der Waals surface area contributed by atoms with E-state index in [4.69, 9.17) is 14.6 Å². The van der Waals surface area contributed by atoms with E-state index in [2.05, 4.69) is 0 Å². The van der Waals surface area contributed by atoms with Gasteiger partial charge in [0.15, 0.2) is 0 Å². The van der Waals surface area contributed by atoms with Gasteiger partial charge in [-0.3, -0.25) is 4.79 Å². The molecule has 1 fully saturated rings. The molecule has 0 unspecified atom stereocenters. The Morgan fingerprint density at radius 2 is 2.06 bits per heavy atom. The molecule has 1 saturated heterocycles. The van der Waals surface area contributed by atoms with Crippen LogP contribution >= 0.6 is 0 Å². The predicted octanol–water partition coefficient (Wildman–Crippen LogP) is -1.48. The van der Waals surface area contributed by atoms with Gasteiger partial charge in [0, 0.05) is 6.42 Å². The summed E-state index contributed by atoms with van der Waals surface area (Å²) >= 11 is 0. The molecule has 18 heavy (non-hydrogen) atoms. The fourth-order valence-corrected chi connectivity index (χ4v) is 1.70. The molecular formula is C11H20O7. The fraction of sp³-hybridized carbons (Fsp3) is 0.909. The van der Waals surface area contributed by atoms with E-state index in [-0.39, 0.29) is 6.42 Å². The van der Waals surface area contributed by atoms with Crippen molar-refractivity contribution in [2.75, 3.05) is 6.61 Å². The zero-order chi connectivity index (χ0) is 13.7. The maximum absolute atomic E-state index is 11.3. The molecule has 0 aromatic rings. The second-order valence-corrected chi connectivity index (χ2v) is 4.29. The van der Waals surface area contributed by atoms with E-state index >= 15 is 0 Å². The van der Waals surface area contributed by atoms with E-state index in [0.29, 0.717) is 6.42 Å². The summed E-state index contributed by atoms with van der Waals surface area (Å²) in [4.78, 5) is 11.3. The van der Waals surface area contributed by atoms with Crippen LogP contribution in [0.15, 0.2) is 0 Å². The van der Waals surface area contributed by atoms with Gasteiger partial charge in [-0.15, -0.1) is 0 Å². The topological polar surface area (TPSA) is 116 Å². The van der Waals surface area contributed by atoms with Crippen molar-refractivity contribution in [2.24, 2.45) is 0 Å². The molecule has 1 aliphatic rings. The molecule has 4 N–H and O–H groups in total. The number of hydrogen-bond donors (Lipinski definition) is 4. The number of aliphatic hydroxyl groups is 4. The summed E-state index contributed by atoms with van der Waals surface area (Å²) in [6.45, 7) is 1.30. The minimum atomic E-state index is -1.43. The van der Waals surface area contributed by atoms with Gasteiger partial charge >= 0.3 is 5.97 Å². The second kappa shape index (κ2) is 7.01. The van der Waals surface area contributed by atoms with Crippen LogP contribution in [-0.4, -0.2) is 63.7 Å². The molecule has 0 spiro atoms. The van der Waals surface area contributed by atoms with Gasteiger partial charge in [-0.25, -0.2) is 0 Å². The van der Waals surface area contributed by atoms with Crippen LogP contribution in [0.3, 0.4) is 0 Å². The molecule has 1 rings (SSSR count). The van der Waals surface area contributed by atoms with E-state index in [1.165, 1.54) is 0 Å². The lowest BCUT2D eigenvalue weighted by Gasteiger charge is -2.18. The van der Waals surface area contributed by atoms with Crippen LogP contribution in [0.2, 0.25) is 0 Å². The Hall–Kier alpha value is -0.730. The maximum Gasteiger partial charge on any atom is 0.308 e. The summed E-state index contributed by atoms with van der Waals surface area (Å²) in [5.41, 5.74) is 0. The van der Waals surface area contributed by atoms with Gasteiger partial charge in [0.25, 0.3) is 0 Å². The largest absolute Gasteiger partial charge is 0.433 e. The number of hydrogen-bond acceptors (Lipinski definition) is 7. The summed E-state index contributed by atoms with van der Waals surface area (Å²) < 4.78 is 9.89. The van der Waals surface area contributed by atoms with E-state index in [1.807, 2.05) is 6.92 Å². The van der Waals surface area contributed by atoms with Crippen molar-refractivity contribution < 1.29 is 34.7 Å². The van der Waals surface area contributed by atoms with E-state index in [1.54, 1.807) is 0 Å². The van der Waals surface area contributed by atoms with Gasteiger partial charge < -0.3 is 29.9 Å². The minimum Gasteiger partial charge on any atom is -0.433 e. The molecular weight excluding hydrogens is 244 g/mol. The van der Waals surface area contributed by atoms with Crippen molar-refractivity contribution >= 4 is 5.97 Å². The normalized spacial score (nSPS) is 33.4. The highest BCUT2D eigenvalue weighted by molar-refractivity contribution is 5.69. The number of esters is 1. The van der Waals surface area contributed by atoms with Crippen LogP contribution in [0.1, 0.15) is 26.2 Å². The molecule has 0 bridgehead atoms. The molecule has 0 radical (unpaired) electrons. The molecule has 7 heteroatoms. The van der Waals surface area contributed by atoms with Crippen LogP contribution < -0.4 is 0 Å². The van der Waals surface area contributed by atoms with E-state index in [9.17, 15) is 20.1 Å². The quantitative estimate of drug-likeness (QED) is 0.432. The zero-order valence-corrected chi connectivity index (χ0v) is 10.2. The van der Waals surface area contributed by atoms with Crippen LogP contribution in [0, 0.1) is 0 Å². The van der Waals surface area contributed by atoms with Crippen LogP contribution in [0.5, 0.6) is 0 Å². The van der Waals surface area contributed by atoms with Crippen LogP contribution in [0.25, 0.3) is 0 Å². The Bertz CT molecular complexity index is 270. The Balaban J connectivity index is 2.50. The van der Waals surface area contributed by atoms with Gasteiger partial charge in [0.2, 0.25) is 6.29 Å². The predicted molar refractivity (Wildman–Crippen MR) is 59.4 cm³/mol. The van der Waals surface area contributed by atoms with Gasteiger partial charge in [-0.2, -0.15) is 0 Å². The Morgan fingerprint density at radius 1 is 1.39 bits per heavy atom. The zero-order valence-electron chi connectivity index (χ0n) is 10.2. The highest BCUT2D eigenvalue weighted by atomic mass is 16.7. The van der Waals surface area contributed by atoms with Crippen molar-refractivity contribution in [1.29, 1.82) is 0 Å². The number of unbranched alkanes of at least 4 members (excludes halogenated alkanes) is 1. The first-order valence-corrected chi connectivity index (χ1v) is 6.01. The lowest BCUT2D eigenvalue weighted by Crippen LogP contribution is -2.40. The Labute approximate surface area is 105 Å². The van der Waals surface area contributed by atoms with Crippen molar-refractivity contribution in [3.05, 3.63) is 0 Å². The summed E-state index contributed by atoms with van der Waals surface area (Å²) in [5, 5.41) is 37.3. The third kappa shape index (κ3) is 3.63. The standard InChI is InChI=1S/C11H20O7/c1-2-3-4-7(14)17-11-9(16)8(15)10(18-11)6(13)5-12/h6,8-13,15-16H,2-5H2,1H3/t6-,8-,9-,10+,11+/m1/s1. The number of aliphatic hydroxyl groups excluding tert-OH is 4. The number of carbonyl (C=O) groups is 1. The molecule has 106 valence electrons. The smallest absolute Gasteiger partial charge is 0.308 e. The first kappa shape index (κ1) is 15.3. The average Bonchev–Trinajstić information content (AvgIpc) is 2.64. The van der Waals surface area contributed by atoms with Gasteiger partial charge in [0.1, 0.15) is 24.4 Å². The molecule has 0 saturated carbocycles. The SMILES string of the molecule is CCCCC(=O)O[C@H]1O[C@@H]([C@H](O)CO)[C@H](O)[C@H]1O. The first-order chi connectivity index (χ1) is 8.51. The van der Waals surface area contributed by atoms with Crippen molar-refractivity contribution in [3.63, 3.8) is 0 Å². The Morgan fingerprint density at radius 3 is 2.61 bits per heavy atom. The molecule has 1 heterocycles. The summed E-state index contributed by atoms with van der Waals surface area (Å²) in [7, 11) is 0. The lowest BCUT2D eigenvalue weighted by atomic mass is 10.1. The molecule has 0 aromatic carbocycles. The van der Waals surface area contributed by atoms with Gasteiger partial charge in [-0.05, 0) is 6.42 Å². The lowest BCUT2D eigenvalue weighted by molar-refractivity contribution is -0.195. The molecule has 1 aliphatic heterocycles. The number of carbonyl (C=O) groups excluding carboxylic acids is 1.